The first-order valence-electron chi connectivity index (χ1n) is 12.3. The molecule has 2 rings (SSSR count). The summed E-state index contributed by atoms with van der Waals surface area (Å²) in [6.07, 6.45) is 9.13. The predicted molar refractivity (Wildman–Crippen MR) is 131 cm³/mol. The molecule has 0 aromatic rings. The Labute approximate surface area is 191 Å². The smallest absolute Gasteiger partial charge is 0.334 e. The van der Waals surface area contributed by atoms with Gasteiger partial charge in [0.25, 0.3) is 0 Å². The zero-order valence-electron chi connectivity index (χ0n) is 21.1. The summed E-state index contributed by atoms with van der Waals surface area (Å²) in [6, 6.07) is 0. The van der Waals surface area contributed by atoms with Crippen LogP contribution < -0.4 is 0 Å². The molecule has 0 unspecified atom stereocenters. The zero-order valence-corrected chi connectivity index (χ0v) is 22.1. The molecular weight excluding hydrogens is 403 g/mol. The molecule has 31 heavy (non-hydrogen) atoms. The lowest BCUT2D eigenvalue weighted by Gasteiger charge is -2.39. The van der Waals surface area contributed by atoms with Gasteiger partial charge in [-0.15, -0.1) is 0 Å². The van der Waals surface area contributed by atoms with Crippen LogP contribution in [0.4, 0.5) is 0 Å². The van der Waals surface area contributed by atoms with Gasteiger partial charge in [0, 0.05) is 10.1 Å². The van der Waals surface area contributed by atoms with Crippen molar-refractivity contribution in [1.29, 1.82) is 0 Å². The van der Waals surface area contributed by atoms with Gasteiger partial charge in [0.1, 0.15) is 0 Å². The van der Waals surface area contributed by atoms with E-state index in [1.807, 2.05) is 0 Å². The van der Waals surface area contributed by atoms with Gasteiger partial charge in [-0.1, -0.05) is 90.5 Å². The maximum Gasteiger partial charge on any atom is 0.334 e. The fourth-order valence-electron chi connectivity index (χ4n) is 6.70. The number of hydrogen-bond acceptors (Lipinski definition) is 4. The van der Waals surface area contributed by atoms with E-state index >= 15 is 0 Å². The van der Waals surface area contributed by atoms with E-state index in [1.165, 1.54) is 25.3 Å². The van der Waals surface area contributed by atoms with Crippen LogP contribution >= 0.6 is 0 Å². The van der Waals surface area contributed by atoms with E-state index in [2.05, 4.69) is 41.2 Å². The molecule has 2 aliphatic rings. The largest absolute Gasteiger partial charge is 0.466 e. The van der Waals surface area contributed by atoms with Crippen molar-refractivity contribution < 1.29 is 19.1 Å². The van der Waals surface area contributed by atoms with Crippen LogP contribution in [0, 0.1) is 0 Å². The topological polar surface area (TPSA) is 52.6 Å². The van der Waals surface area contributed by atoms with Crippen molar-refractivity contribution in [3.8, 4) is 0 Å². The number of carbonyl (C=O) groups is 2. The van der Waals surface area contributed by atoms with Crippen molar-refractivity contribution in [2.24, 2.45) is 0 Å². The molecule has 4 nitrogen and oxygen atoms in total. The molecule has 1 radical (unpaired) electrons. The zero-order chi connectivity index (χ0) is 23.4. The Balaban J connectivity index is 3.02. The summed E-state index contributed by atoms with van der Waals surface area (Å²) in [6.45, 7) is 14.0. The minimum atomic E-state index is -1.19. The lowest BCUT2D eigenvalue weighted by molar-refractivity contribution is -0.139. The molecule has 2 atom stereocenters. The molecule has 0 fully saturated rings. The maximum atomic E-state index is 13.4. The molecule has 0 aliphatic carbocycles. The minimum Gasteiger partial charge on any atom is -0.466 e. The highest BCUT2D eigenvalue weighted by Gasteiger charge is 2.71. The van der Waals surface area contributed by atoms with Crippen LogP contribution in [0.3, 0.4) is 0 Å². The van der Waals surface area contributed by atoms with Gasteiger partial charge in [-0.05, 0) is 19.3 Å². The number of carbonyl (C=O) groups excluding carboxylic acids is 2. The number of fused-ring (bicyclic) bond motifs is 2. The first-order chi connectivity index (χ1) is 14.8. The van der Waals surface area contributed by atoms with Crippen molar-refractivity contribution in [2.75, 3.05) is 14.2 Å². The fraction of sp³-hybridized carbons (Fsp3) is 0.760. The highest BCUT2D eigenvalue weighted by Crippen LogP contribution is 2.78. The Morgan fingerprint density at radius 2 is 1.29 bits per heavy atom. The second-order valence-corrected chi connectivity index (χ2v) is 12.1. The van der Waals surface area contributed by atoms with Crippen LogP contribution in [-0.4, -0.2) is 41.7 Å². The molecule has 0 aromatic heterocycles. The quantitative estimate of drug-likeness (QED) is 0.257. The van der Waals surface area contributed by atoms with Crippen LogP contribution in [0.2, 0.25) is 29.3 Å². The van der Waals surface area contributed by atoms with Crippen LogP contribution in [0.25, 0.3) is 0 Å². The molecule has 0 spiro atoms. The number of hydrogen-bond donors (Lipinski definition) is 0. The second kappa shape index (κ2) is 10.5. The highest BCUT2D eigenvalue weighted by atomic mass is 28.3. The van der Waals surface area contributed by atoms with Gasteiger partial charge in [0.2, 0.25) is 0 Å². The molecule has 173 valence electrons. The van der Waals surface area contributed by atoms with E-state index in [0.717, 1.165) is 57.6 Å². The molecule has 2 bridgehead atoms. The first kappa shape index (κ1) is 26.0. The van der Waals surface area contributed by atoms with E-state index in [9.17, 15) is 9.59 Å². The monoisotopic (exact) mass is 445 g/mol. The summed E-state index contributed by atoms with van der Waals surface area (Å²) < 4.78 is 10.7. The van der Waals surface area contributed by atoms with Crippen LogP contribution in [-0.2, 0) is 19.1 Å². The summed E-state index contributed by atoms with van der Waals surface area (Å²) in [5.41, 5.74) is 4.25. The Morgan fingerprint density at radius 3 is 1.68 bits per heavy atom. The van der Waals surface area contributed by atoms with Gasteiger partial charge >= 0.3 is 11.9 Å². The van der Waals surface area contributed by atoms with Gasteiger partial charge < -0.3 is 9.47 Å². The number of unbranched alkanes of at least 4 members (excludes halogenated alkanes) is 2. The van der Waals surface area contributed by atoms with Gasteiger partial charge in [0.15, 0.2) is 6.71 Å². The minimum absolute atomic E-state index is 0.321. The molecule has 2 aliphatic heterocycles. The van der Waals surface area contributed by atoms with Crippen molar-refractivity contribution >= 4 is 27.4 Å². The Bertz CT molecular complexity index is 755. The number of methoxy groups -OCH3 is 2. The van der Waals surface area contributed by atoms with Gasteiger partial charge in [-0.25, -0.2) is 9.59 Å². The maximum absolute atomic E-state index is 13.4. The Kier molecular flexibility index (Phi) is 8.83. The van der Waals surface area contributed by atoms with Crippen molar-refractivity contribution in [3.63, 3.8) is 0 Å². The average Bonchev–Trinajstić information content (AvgIpc) is 3.13. The molecule has 0 saturated heterocycles. The average molecular weight is 446 g/mol. The molecule has 2 heterocycles. The van der Waals surface area contributed by atoms with E-state index in [1.54, 1.807) is 0 Å². The normalized spacial score (nSPS) is 25.4. The summed E-state index contributed by atoms with van der Waals surface area (Å²) in [4.78, 5) is 26.8. The number of allylic oxidation sites excluding steroid dienone is 2. The van der Waals surface area contributed by atoms with E-state index in [0.29, 0.717) is 17.9 Å². The molecule has 0 saturated carbocycles. The summed E-state index contributed by atoms with van der Waals surface area (Å²) in [5, 5.41) is -0.648. The van der Waals surface area contributed by atoms with Crippen molar-refractivity contribution in [2.45, 2.75) is 109 Å². The number of esters is 2. The van der Waals surface area contributed by atoms with Crippen LogP contribution in [0.1, 0.15) is 79.6 Å². The Morgan fingerprint density at radius 1 is 0.839 bits per heavy atom. The summed E-state index contributed by atoms with van der Waals surface area (Å²) in [5.74, 6) is -0.647. The van der Waals surface area contributed by atoms with Crippen LogP contribution in [0.15, 0.2) is 22.2 Å². The first-order valence-corrected chi connectivity index (χ1v) is 14.3. The van der Waals surface area contributed by atoms with Crippen LogP contribution in [0.5, 0.6) is 0 Å². The standard InChI is InChI=1S/C25H42BO4Si/c1-9-14-16-24-18(11-3)21(26(12-4)13-5)25(31(24)8,17-15-10-2)20(23(28)30-7)19(24)22(27)29-6/h9-17H2,1-8H3/t24-,25-/m1/s1. The van der Waals surface area contributed by atoms with E-state index < -0.39 is 8.80 Å². The van der Waals surface area contributed by atoms with Gasteiger partial charge in [-0.2, -0.15) is 0 Å². The third kappa shape index (κ3) is 3.67. The summed E-state index contributed by atoms with van der Waals surface area (Å²) >= 11 is 0. The van der Waals surface area contributed by atoms with Crippen molar-refractivity contribution in [3.05, 3.63) is 22.2 Å². The lowest BCUT2D eigenvalue weighted by atomic mass is 9.35. The molecule has 6 heteroatoms. The second-order valence-electron chi connectivity index (χ2n) is 9.14. The molecule has 0 aromatic carbocycles. The SMILES string of the molecule is CCCC[C@]12C(B(CC)CC)=C(CC)[C@](CCCC)(C(C(=O)OC)=C1C(=O)OC)[Si]2C. The molecule has 0 N–H and O–H groups in total. The highest BCUT2D eigenvalue weighted by molar-refractivity contribution is 6.80. The fourth-order valence-corrected chi connectivity index (χ4v) is 11.3. The lowest BCUT2D eigenvalue weighted by Crippen LogP contribution is -2.37. The van der Waals surface area contributed by atoms with Crippen molar-refractivity contribution in [1.82, 2.24) is 0 Å². The third-order valence-corrected chi connectivity index (χ3v) is 12.2. The van der Waals surface area contributed by atoms with Gasteiger partial charge in [-0.3, -0.25) is 0 Å². The Hall–Kier alpha value is -1.30. The van der Waals surface area contributed by atoms with E-state index in [-0.39, 0.29) is 22.0 Å². The molecular formula is C25H42BO4Si. The van der Waals surface area contributed by atoms with E-state index in [4.69, 9.17) is 9.47 Å². The van der Waals surface area contributed by atoms with Gasteiger partial charge in [0.05, 0.1) is 34.2 Å². The number of ether oxygens (including phenoxy) is 2. The predicted octanol–water partition coefficient (Wildman–Crippen LogP) is 6.42. The molecule has 0 amide bonds. The summed E-state index contributed by atoms with van der Waals surface area (Å²) in [7, 11) is 1.70. The number of rotatable bonds is 12. The third-order valence-electron chi connectivity index (χ3n) is 8.02.